The third-order valence-electron chi connectivity index (χ3n) is 4.05. The van der Waals surface area contributed by atoms with Crippen LogP contribution in [0.15, 0.2) is 41.6 Å². The van der Waals surface area contributed by atoms with Gasteiger partial charge in [0.05, 0.1) is 22.2 Å². The van der Waals surface area contributed by atoms with Gasteiger partial charge in [0.1, 0.15) is 0 Å². The molecule has 0 fully saturated rings. The zero-order valence-corrected chi connectivity index (χ0v) is 15.7. The second-order valence-corrected chi connectivity index (χ2v) is 7.63. The van der Waals surface area contributed by atoms with Gasteiger partial charge < -0.3 is 5.73 Å². The van der Waals surface area contributed by atoms with Gasteiger partial charge in [0.2, 0.25) is 5.91 Å². The van der Waals surface area contributed by atoms with Crippen molar-refractivity contribution < 1.29 is 4.79 Å². The third kappa shape index (κ3) is 3.39. The molecule has 2 N–H and O–H groups in total. The number of aromatic nitrogens is 3. The maximum Gasteiger partial charge on any atom is 0.231 e. The first-order chi connectivity index (χ1) is 11.9. The molecule has 2 aromatic heterocycles. The number of rotatable bonds is 5. The molecular weight excluding hydrogens is 332 g/mol. The number of imidazole rings is 1. The van der Waals surface area contributed by atoms with Crippen LogP contribution in [0.3, 0.4) is 0 Å². The number of amides is 1. The van der Waals surface area contributed by atoms with Crippen molar-refractivity contribution in [1.82, 2.24) is 14.6 Å². The average Bonchev–Trinajstić information content (AvgIpc) is 2.91. The Morgan fingerprint density at radius 2 is 1.88 bits per heavy atom. The third-order valence-corrected chi connectivity index (χ3v) is 5.55. The van der Waals surface area contributed by atoms with E-state index in [9.17, 15) is 4.79 Å². The smallest absolute Gasteiger partial charge is 0.231 e. The van der Waals surface area contributed by atoms with Gasteiger partial charge in [-0.2, -0.15) is 5.10 Å². The van der Waals surface area contributed by atoms with Crippen LogP contribution in [-0.4, -0.2) is 25.8 Å². The van der Waals surface area contributed by atoms with E-state index in [0.717, 1.165) is 28.0 Å². The molecule has 3 aromatic rings. The molecule has 0 aliphatic rings. The van der Waals surface area contributed by atoms with Gasteiger partial charge >= 0.3 is 0 Å². The molecule has 1 atom stereocenters. The maximum atomic E-state index is 11.8. The van der Waals surface area contributed by atoms with Crippen molar-refractivity contribution in [2.75, 3.05) is 0 Å². The van der Waals surface area contributed by atoms with E-state index in [-0.39, 0.29) is 17.1 Å². The van der Waals surface area contributed by atoms with E-state index >= 15 is 0 Å². The minimum absolute atomic E-state index is 0.112. The standard InChI is InChI=1S/C19H22N4OS/c1-11(2)17(18(20)24)25-19-21-15(14-8-6-5-7-9-14)16-12(3)10-13(4)22-23(16)19/h5-11,17H,1-4H3,(H2,20,24). The summed E-state index contributed by atoms with van der Waals surface area (Å²) in [5, 5.41) is 4.98. The van der Waals surface area contributed by atoms with E-state index in [4.69, 9.17) is 10.7 Å². The minimum Gasteiger partial charge on any atom is -0.369 e. The van der Waals surface area contributed by atoms with Crippen LogP contribution in [-0.2, 0) is 4.79 Å². The van der Waals surface area contributed by atoms with Crippen molar-refractivity contribution in [3.8, 4) is 11.3 Å². The van der Waals surface area contributed by atoms with Crippen LogP contribution < -0.4 is 5.73 Å². The summed E-state index contributed by atoms with van der Waals surface area (Å²) in [6, 6.07) is 12.1. The highest BCUT2D eigenvalue weighted by Crippen LogP contribution is 2.34. The lowest BCUT2D eigenvalue weighted by Gasteiger charge is -2.15. The largest absolute Gasteiger partial charge is 0.369 e. The molecule has 130 valence electrons. The molecule has 3 rings (SSSR count). The zero-order chi connectivity index (χ0) is 18.1. The van der Waals surface area contributed by atoms with Crippen LogP contribution in [0.1, 0.15) is 25.1 Å². The Kier molecular flexibility index (Phi) is 4.81. The number of benzene rings is 1. The average molecular weight is 354 g/mol. The van der Waals surface area contributed by atoms with Gasteiger partial charge in [-0.05, 0) is 31.4 Å². The number of hydrogen-bond donors (Lipinski definition) is 1. The zero-order valence-electron chi connectivity index (χ0n) is 14.9. The number of carbonyl (C=O) groups excluding carboxylic acids is 1. The molecule has 0 radical (unpaired) electrons. The summed E-state index contributed by atoms with van der Waals surface area (Å²) >= 11 is 1.38. The quantitative estimate of drug-likeness (QED) is 0.710. The first-order valence-corrected chi connectivity index (χ1v) is 9.15. The summed E-state index contributed by atoms with van der Waals surface area (Å²) < 4.78 is 1.84. The number of primary amides is 1. The highest BCUT2D eigenvalue weighted by Gasteiger charge is 2.25. The topological polar surface area (TPSA) is 73.3 Å². The van der Waals surface area contributed by atoms with Crippen LogP contribution in [0.4, 0.5) is 0 Å². The fraction of sp³-hybridized carbons (Fsp3) is 0.316. The predicted octanol–water partition coefficient (Wildman–Crippen LogP) is 3.62. The van der Waals surface area contributed by atoms with Crippen molar-refractivity contribution in [2.24, 2.45) is 11.7 Å². The fourth-order valence-corrected chi connectivity index (χ4v) is 3.91. The van der Waals surface area contributed by atoms with Crippen molar-refractivity contribution in [1.29, 1.82) is 0 Å². The van der Waals surface area contributed by atoms with Crippen LogP contribution in [0.5, 0.6) is 0 Å². The number of hydrogen-bond acceptors (Lipinski definition) is 4. The van der Waals surface area contributed by atoms with Crippen molar-refractivity contribution in [2.45, 2.75) is 38.1 Å². The Hall–Kier alpha value is -2.34. The number of thioether (sulfide) groups is 1. The highest BCUT2D eigenvalue weighted by atomic mass is 32.2. The number of nitrogens with two attached hydrogens (primary N) is 1. The summed E-state index contributed by atoms with van der Waals surface area (Å²) in [6.07, 6.45) is 0. The van der Waals surface area contributed by atoms with Crippen molar-refractivity contribution in [3.05, 3.63) is 47.7 Å². The molecule has 0 saturated heterocycles. The summed E-state index contributed by atoms with van der Waals surface area (Å²) in [4.78, 5) is 16.7. The van der Waals surface area contributed by atoms with Crippen molar-refractivity contribution >= 4 is 23.2 Å². The first-order valence-electron chi connectivity index (χ1n) is 8.27. The van der Waals surface area contributed by atoms with Gasteiger partial charge in [-0.3, -0.25) is 4.79 Å². The number of fused-ring (bicyclic) bond motifs is 1. The molecular formula is C19H22N4OS. The lowest BCUT2D eigenvalue weighted by atomic mass is 10.1. The second-order valence-electron chi connectivity index (χ2n) is 6.52. The minimum atomic E-state index is -0.350. The molecule has 6 heteroatoms. The van der Waals surface area contributed by atoms with E-state index in [1.165, 1.54) is 11.8 Å². The normalized spacial score (nSPS) is 12.7. The monoisotopic (exact) mass is 354 g/mol. The maximum absolute atomic E-state index is 11.8. The number of nitrogens with zero attached hydrogens (tertiary/aromatic N) is 3. The summed E-state index contributed by atoms with van der Waals surface area (Å²) in [5.41, 5.74) is 10.5. The van der Waals surface area contributed by atoms with E-state index < -0.39 is 0 Å². The SMILES string of the molecule is Cc1cc(C)c2c(-c3ccccc3)nc(SC(C(N)=O)C(C)C)n2n1. The Bertz CT molecular complexity index is 918. The van der Waals surface area contributed by atoms with E-state index in [1.54, 1.807) is 0 Å². The lowest BCUT2D eigenvalue weighted by molar-refractivity contribution is -0.118. The lowest BCUT2D eigenvalue weighted by Crippen LogP contribution is -2.30. The Morgan fingerprint density at radius 1 is 1.20 bits per heavy atom. The first kappa shape index (κ1) is 17.5. The molecule has 5 nitrogen and oxygen atoms in total. The molecule has 1 unspecified atom stereocenters. The van der Waals surface area contributed by atoms with Gasteiger partial charge in [-0.1, -0.05) is 55.9 Å². The van der Waals surface area contributed by atoms with E-state index in [2.05, 4.69) is 12.0 Å². The molecule has 25 heavy (non-hydrogen) atoms. The summed E-state index contributed by atoms with van der Waals surface area (Å²) in [6.45, 7) is 7.98. The Labute approximate surface area is 151 Å². The van der Waals surface area contributed by atoms with Crippen molar-refractivity contribution in [3.63, 3.8) is 0 Å². The molecule has 0 spiro atoms. The van der Waals surface area contributed by atoms with Gasteiger partial charge in [0.25, 0.3) is 0 Å². The van der Waals surface area contributed by atoms with Gasteiger partial charge in [-0.15, -0.1) is 0 Å². The molecule has 1 amide bonds. The molecule has 0 aliphatic carbocycles. The highest BCUT2D eigenvalue weighted by molar-refractivity contribution is 8.00. The van der Waals surface area contributed by atoms with E-state index in [1.807, 2.05) is 61.7 Å². The number of carbonyl (C=O) groups is 1. The van der Waals surface area contributed by atoms with E-state index in [0.29, 0.717) is 5.16 Å². The number of aryl methyl sites for hydroxylation is 2. The molecule has 0 bridgehead atoms. The molecule has 0 saturated carbocycles. The van der Waals surface area contributed by atoms with Crippen LogP contribution in [0.2, 0.25) is 0 Å². The Morgan fingerprint density at radius 3 is 2.48 bits per heavy atom. The fourth-order valence-electron chi connectivity index (χ4n) is 2.92. The van der Waals surface area contributed by atoms with Gasteiger partial charge in [-0.25, -0.2) is 9.50 Å². The van der Waals surface area contributed by atoms with Crippen LogP contribution >= 0.6 is 11.8 Å². The van der Waals surface area contributed by atoms with Crippen LogP contribution in [0.25, 0.3) is 16.8 Å². The summed E-state index contributed by atoms with van der Waals surface area (Å²) in [5.74, 6) is -0.219. The molecule has 1 aromatic carbocycles. The van der Waals surface area contributed by atoms with Gasteiger partial charge in [0, 0.05) is 5.56 Å². The van der Waals surface area contributed by atoms with Crippen LogP contribution in [0, 0.1) is 19.8 Å². The molecule has 0 aliphatic heterocycles. The molecule has 2 heterocycles. The summed E-state index contributed by atoms with van der Waals surface area (Å²) in [7, 11) is 0. The predicted molar refractivity (Wildman–Crippen MR) is 102 cm³/mol. The second kappa shape index (κ2) is 6.88. The van der Waals surface area contributed by atoms with Gasteiger partial charge in [0.15, 0.2) is 5.16 Å². The Balaban J connectivity index is 2.21.